The van der Waals surface area contributed by atoms with E-state index in [1.807, 2.05) is 27.7 Å². The van der Waals surface area contributed by atoms with Gasteiger partial charge in [0.1, 0.15) is 6.04 Å². The van der Waals surface area contributed by atoms with Crippen molar-refractivity contribution < 1.29 is 9.90 Å². The lowest BCUT2D eigenvalue weighted by Crippen LogP contribution is -2.48. The molecule has 0 bridgehead atoms. The molecule has 0 spiro atoms. The number of aliphatic carboxylic acids is 1. The third-order valence-electron chi connectivity index (χ3n) is 3.22. The van der Waals surface area contributed by atoms with Crippen molar-refractivity contribution in [1.29, 1.82) is 0 Å². The first-order valence-electron chi connectivity index (χ1n) is 5.78. The van der Waals surface area contributed by atoms with Crippen LogP contribution in [0.5, 0.6) is 0 Å². The molecule has 0 amide bonds. The Morgan fingerprint density at radius 3 is 2.06 bits per heavy atom. The second kappa shape index (κ2) is 4.88. The third kappa shape index (κ3) is 2.86. The number of nitrogens with one attached hydrogen (secondary N) is 1. The topological polar surface area (TPSA) is 49.3 Å². The fraction of sp³-hybridized carbons (Fsp3) is 0.500. The molecule has 0 heterocycles. The molecule has 3 nitrogen and oxygen atoms in total. The zero-order valence-electron chi connectivity index (χ0n) is 11.2. The van der Waals surface area contributed by atoms with E-state index in [0.29, 0.717) is 0 Å². The van der Waals surface area contributed by atoms with E-state index in [4.69, 9.17) is 0 Å². The molecule has 0 aliphatic heterocycles. The number of carboxylic acids is 1. The van der Waals surface area contributed by atoms with E-state index in [1.165, 1.54) is 0 Å². The van der Waals surface area contributed by atoms with Crippen LogP contribution in [0.3, 0.4) is 0 Å². The second-order valence-corrected chi connectivity index (χ2v) is 5.16. The summed E-state index contributed by atoms with van der Waals surface area (Å²) in [7, 11) is 1.68. The largest absolute Gasteiger partial charge is 0.480 e. The van der Waals surface area contributed by atoms with Crippen LogP contribution >= 0.6 is 0 Å². The standard InChI is InChI=1S/C14H21NO2/c1-9-6-10(2)8-11(7-9)14(3,4)12(15-5)13(16)17/h6-8,12,15H,1-5H3,(H,16,17). The molecule has 0 aliphatic rings. The number of benzene rings is 1. The summed E-state index contributed by atoms with van der Waals surface area (Å²) < 4.78 is 0. The van der Waals surface area contributed by atoms with Crippen molar-refractivity contribution in [3.63, 3.8) is 0 Å². The Bertz CT molecular complexity index is 404. The van der Waals surface area contributed by atoms with E-state index < -0.39 is 17.4 Å². The molecule has 1 unspecified atom stereocenters. The molecule has 2 N–H and O–H groups in total. The Kier molecular flexibility index (Phi) is 3.94. The lowest BCUT2D eigenvalue weighted by atomic mass is 9.77. The monoisotopic (exact) mass is 235 g/mol. The Morgan fingerprint density at radius 2 is 1.71 bits per heavy atom. The van der Waals surface area contributed by atoms with Crippen LogP contribution in [-0.2, 0) is 10.2 Å². The first kappa shape index (κ1) is 13.7. The van der Waals surface area contributed by atoms with E-state index in [9.17, 15) is 9.90 Å². The minimum absolute atomic E-state index is 0.447. The van der Waals surface area contributed by atoms with Crippen LogP contribution in [0.2, 0.25) is 0 Å². The normalized spacial score (nSPS) is 13.5. The van der Waals surface area contributed by atoms with Crippen molar-refractivity contribution in [2.24, 2.45) is 0 Å². The van der Waals surface area contributed by atoms with Gasteiger partial charge in [0.05, 0.1) is 0 Å². The molecule has 0 fully saturated rings. The number of aryl methyl sites for hydroxylation is 2. The van der Waals surface area contributed by atoms with Gasteiger partial charge in [0.15, 0.2) is 0 Å². The lowest BCUT2D eigenvalue weighted by molar-refractivity contribution is -0.141. The summed E-state index contributed by atoms with van der Waals surface area (Å²) in [6, 6.07) is 5.61. The zero-order chi connectivity index (χ0) is 13.2. The van der Waals surface area contributed by atoms with Crippen LogP contribution in [0.4, 0.5) is 0 Å². The van der Waals surface area contributed by atoms with E-state index in [1.54, 1.807) is 7.05 Å². The maximum atomic E-state index is 11.3. The molecule has 0 aliphatic carbocycles. The zero-order valence-corrected chi connectivity index (χ0v) is 11.2. The summed E-state index contributed by atoms with van der Waals surface area (Å²) in [5, 5.41) is 12.1. The third-order valence-corrected chi connectivity index (χ3v) is 3.22. The maximum absolute atomic E-state index is 11.3. The molecule has 0 aromatic heterocycles. The van der Waals surface area contributed by atoms with Crippen LogP contribution in [-0.4, -0.2) is 24.2 Å². The van der Waals surface area contributed by atoms with Gasteiger partial charge in [-0.05, 0) is 26.5 Å². The number of rotatable bonds is 4. The van der Waals surface area contributed by atoms with Gasteiger partial charge in [-0.15, -0.1) is 0 Å². The molecule has 1 aromatic rings. The van der Waals surface area contributed by atoms with Gasteiger partial charge in [-0.25, -0.2) is 0 Å². The predicted molar refractivity (Wildman–Crippen MR) is 69.4 cm³/mol. The van der Waals surface area contributed by atoms with Crippen LogP contribution in [0, 0.1) is 13.8 Å². The molecular formula is C14H21NO2. The highest BCUT2D eigenvalue weighted by atomic mass is 16.4. The van der Waals surface area contributed by atoms with Gasteiger partial charge < -0.3 is 10.4 Å². The molecule has 3 heteroatoms. The van der Waals surface area contributed by atoms with Gasteiger partial charge in [0, 0.05) is 5.41 Å². The molecule has 0 saturated carbocycles. The van der Waals surface area contributed by atoms with E-state index >= 15 is 0 Å². The average Bonchev–Trinajstić information content (AvgIpc) is 2.15. The van der Waals surface area contributed by atoms with Crippen LogP contribution < -0.4 is 5.32 Å². The van der Waals surface area contributed by atoms with Crippen LogP contribution in [0.25, 0.3) is 0 Å². The lowest BCUT2D eigenvalue weighted by Gasteiger charge is -2.32. The highest BCUT2D eigenvalue weighted by molar-refractivity contribution is 5.76. The van der Waals surface area contributed by atoms with Gasteiger partial charge >= 0.3 is 5.97 Å². The summed E-state index contributed by atoms with van der Waals surface area (Å²) in [6.45, 7) is 7.97. The van der Waals surface area contributed by atoms with Crippen LogP contribution in [0.15, 0.2) is 18.2 Å². The molecule has 1 atom stereocenters. The van der Waals surface area contributed by atoms with Gasteiger partial charge in [0.2, 0.25) is 0 Å². The maximum Gasteiger partial charge on any atom is 0.321 e. The molecule has 1 rings (SSSR count). The quantitative estimate of drug-likeness (QED) is 0.841. The number of hydrogen-bond donors (Lipinski definition) is 2. The Balaban J connectivity index is 3.23. The molecule has 0 radical (unpaired) electrons. The highest BCUT2D eigenvalue weighted by Crippen LogP contribution is 2.29. The fourth-order valence-electron chi connectivity index (χ4n) is 2.31. The van der Waals surface area contributed by atoms with Gasteiger partial charge in [-0.2, -0.15) is 0 Å². The Hall–Kier alpha value is -1.35. The fourth-order valence-corrected chi connectivity index (χ4v) is 2.31. The van der Waals surface area contributed by atoms with Crippen molar-refractivity contribution in [1.82, 2.24) is 5.32 Å². The molecule has 94 valence electrons. The van der Waals surface area contributed by atoms with Crippen molar-refractivity contribution in [2.75, 3.05) is 7.05 Å². The molecule has 0 saturated heterocycles. The summed E-state index contributed by atoms with van der Waals surface area (Å²) in [4.78, 5) is 11.3. The van der Waals surface area contributed by atoms with Crippen molar-refractivity contribution in [2.45, 2.75) is 39.2 Å². The summed E-state index contributed by atoms with van der Waals surface area (Å²) >= 11 is 0. The SMILES string of the molecule is CNC(C(=O)O)C(C)(C)c1cc(C)cc(C)c1. The number of hydrogen-bond acceptors (Lipinski definition) is 2. The minimum Gasteiger partial charge on any atom is -0.480 e. The summed E-state index contributed by atoms with van der Waals surface area (Å²) in [5.41, 5.74) is 2.93. The molecule has 17 heavy (non-hydrogen) atoms. The Labute approximate surface area is 103 Å². The first-order valence-corrected chi connectivity index (χ1v) is 5.78. The smallest absolute Gasteiger partial charge is 0.321 e. The summed E-state index contributed by atoms with van der Waals surface area (Å²) in [6.07, 6.45) is 0. The van der Waals surface area contributed by atoms with Crippen LogP contribution in [0.1, 0.15) is 30.5 Å². The highest BCUT2D eigenvalue weighted by Gasteiger charge is 2.35. The second-order valence-electron chi connectivity index (χ2n) is 5.16. The first-order chi connectivity index (χ1) is 7.78. The Morgan fingerprint density at radius 1 is 1.24 bits per heavy atom. The molecule has 1 aromatic carbocycles. The number of carbonyl (C=O) groups is 1. The number of likely N-dealkylation sites (N-methyl/N-ethyl adjacent to an activating group) is 1. The van der Waals surface area contributed by atoms with Gasteiger partial charge in [-0.1, -0.05) is 43.2 Å². The van der Waals surface area contributed by atoms with Gasteiger partial charge in [0.25, 0.3) is 0 Å². The van der Waals surface area contributed by atoms with Gasteiger partial charge in [-0.3, -0.25) is 4.79 Å². The molecular weight excluding hydrogens is 214 g/mol. The predicted octanol–water partition coefficient (Wildman–Crippen LogP) is 2.25. The van der Waals surface area contributed by atoms with Crippen molar-refractivity contribution in [3.8, 4) is 0 Å². The van der Waals surface area contributed by atoms with E-state index in [-0.39, 0.29) is 0 Å². The summed E-state index contributed by atoms with van der Waals surface area (Å²) in [5.74, 6) is -0.823. The van der Waals surface area contributed by atoms with Crippen molar-refractivity contribution in [3.05, 3.63) is 34.9 Å². The van der Waals surface area contributed by atoms with E-state index in [0.717, 1.165) is 16.7 Å². The average molecular weight is 235 g/mol. The number of carboxylic acid groups (broad SMARTS) is 1. The van der Waals surface area contributed by atoms with E-state index in [2.05, 4.69) is 23.5 Å². The minimum atomic E-state index is -0.823. The van der Waals surface area contributed by atoms with Crippen molar-refractivity contribution >= 4 is 5.97 Å².